The maximum Gasteiger partial charge on any atom is 0.124 e. The van der Waals surface area contributed by atoms with Crippen LogP contribution in [-0.2, 0) is 0 Å². The van der Waals surface area contributed by atoms with E-state index in [0.29, 0.717) is 6.04 Å². The first kappa shape index (κ1) is 15.5. The van der Waals surface area contributed by atoms with E-state index in [1.54, 1.807) is 7.11 Å². The summed E-state index contributed by atoms with van der Waals surface area (Å²) in [5.74, 6) is 1.69. The van der Waals surface area contributed by atoms with E-state index in [9.17, 15) is 0 Å². The summed E-state index contributed by atoms with van der Waals surface area (Å²) in [4.78, 5) is 0. The van der Waals surface area contributed by atoms with Crippen molar-refractivity contribution in [2.24, 2.45) is 5.92 Å². The Hall–Kier alpha value is -0.540. The SMILES string of the molecule is CCNC(CCC(C)C)c1ccc(Br)cc1OC. The molecule has 0 saturated carbocycles. The van der Waals surface area contributed by atoms with E-state index < -0.39 is 0 Å². The van der Waals surface area contributed by atoms with Crippen LogP contribution in [0.3, 0.4) is 0 Å². The van der Waals surface area contributed by atoms with Crippen molar-refractivity contribution < 1.29 is 4.74 Å². The molecule has 1 rings (SSSR count). The van der Waals surface area contributed by atoms with Crippen LogP contribution in [0.1, 0.15) is 45.2 Å². The molecular formula is C15H24BrNO. The van der Waals surface area contributed by atoms with Crippen LogP contribution in [0.2, 0.25) is 0 Å². The van der Waals surface area contributed by atoms with E-state index >= 15 is 0 Å². The molecule has 1 aromatic carbocycles. The van der Waals surface area contributed by atoms with Gasteiger partial charge in [0.25, 0.3) is 0 Å². The number of halogens is 1. The van der Waals surface area contributed by atoms with Crippen molar-refractivity contribution in [3.05, 3.63) is 28.2 Å². The monoisotopic (exact) mass is 313 g/mol. The van der Waals surface area contributed by atoms with Gasteiger partial charge in [-0.3, -0.25) is 0 Å². The van der Waals surface area contributed by atoms with Gasteiger partial charge in [-0.1, -0.05) is 42.8 Å². The van der Waals surface area contributed by atoms with E-state index in [0.717, 1.165) is 29.1 Å². The van der Waals surface area contributed by atoms with E-state index in [2.05, 4.69) is 54.2 Å². The Morgan fingerprint density at radius 2 is 2.00 bits per heavy atom. The normalized spacial score (nSPS) is 12.8. The maximum absolute atomic E-state index is 5.49. The summed E-state index contributed by atoms with van der Waals surface area (Å²) >= 11 is 3.49. The molecule has 0 aliphatic carbocycles. The number of hydrogen-bond acceptors (Lipinski definition) is 2. The van der Waals surface area contributed by atoms with Crippen LogP contribution in [0, 0.1) is 5.92 Å². The highest BCUT2D eigenvalue weighted by atomic mass is 79.9. The molecule has 0 heterocycles. The van der Waals surface area contributed by atoms with Crippen LogP contribution in [0.15, 0.2) is 22.7 Å². The topological polar surface area (TPSA) is 21.3 Å². The van der Waals surface area contributed by atoms with Crippen molar-refractivity contribution >= 4 is 15.9 Å². The van der Waals surface area contributed by atoms with Crippen molar-refractivity contribution in [1.82, 2.24) is 5.32 Å². The van der Waals surface area contributed by atoms with E-state index in [4.69, 9.17) is 4.74 Å². The first-order chi connectivity index (χ1) is 8.58. The van der Waals surface area contributed by atoms with Gasteiger partial charge in [0.1, 0.15) is 5.75 Å². The molecular weight excluding hydrogens is 290 g/mol. The molecule has 0 aliphatic heterocycles. The fourth-order valence-corrected chi connectivity index (χ4v) is 2.43. The average molecular weight is 314 g/mol. The van der Waals surface area contributed by atoms with E-state index in [1.807, 2.05) is 6.07 Å². The van der Waals surface area contributed by atoms with Crippen molar-refractivity contribution in [3.63, 3.8) is 0 Å². The Labute approximate surface area is 119 Å². The molecule has 3 heteroatoms. The molecule has 0 saturated heterocycles. The lowest BCUT2D eigenvalue weighted by Crippen LogP contribution is -2.22. The van der Waals surface area contributed by atoms with Crippen LogP contribution in [-0.4, -0.2) is 13.7 Å². The molecule has 18 heavy (non-hydrogen) atoms. The van der Waals surface area contributed by atoms with Crippen molar-refractivity contribution in [3.8, 4) is 5.75 Å². The second-order valence-electron chi connectivity index (χ2n) is 4.97. The Morgan fingerprint density at radius 3 is 2.56 bits per heavy atom. The third-order valence-corrected chi connectivity index (χ3v) is 3.55. The first-order valence-electron chi connectivity index (χ1n) is 6.65. The second kappa shape index (κ2) is 7.80. The summed E-state index contributed by atoms with van der Waals surface area (Å²) in [6.45, 7) is 7.65. The molecule has 102 valence electrons. The van der Waals surface area contributed by atoms with Crippen LogP contribution < -0.4 is 10.1 Å². The maximum atomic E-state index is 5.49. The lowest BCUT2D eigenvalue weighted by molar-refractivity contribution is 0.388. The zero-order valence-electron chi connectivity index (χ0n) is 11.8. The van der Waals surface area contributed by atoms with Gasteiger partial charge >= 0.3 is 0 Å². The predicted molar refractivity (Wildman–Crippen MR) is 81.2 cm³/mol. The minimum Gasteiger partial charge on any atom is -0.496 e. The number of hydrogen-bond donors (Lipinski definition) is 1. The average Bonchev–Trinajstić information content (AvgIpc) is 2.34. The summed E-state index contributed by atoms with van der Waals surface area (Å²) in [7, 11) is 1.73. The predicted octanol–water partition coefficient (Wildman–Crippen LogP) is 4.54. The van der Waals surface area contributed by atoms with Gasteiger partial charge in [0.05, 0.1) is 7.11 Å². The summed E-state index contributed by atoms with van der Waals surface area (Å²) < 4.78 is 6.55. The molecule has 1 atom stereocenters. The van der Waals surface area contributed by atoms with Gasteiger partial charge in [-0.05, 0) is 37.4 Å². The molecule has 1 aromatic rings. The van der Waals surface area contributed by atoms with Crippen molar-refractivity contribution in [1.29, 1.82) is 0 Å². The minimum atomic E-state index is 0.375. The second-order valence-corrected chi connectivity index (χ2v) is 5.88. The fraction of sp³-hybridized carbons (Fsp3) is 0.600. The number of benzene rings is 1. The van der Waals surface area contributed by atoms with Crippen molar-refractivity contribution in [2.45, 2.75) is 39.7 Å². The van der Waals surface area contributed by atoms with Crippen LogP contribution in [0.4, 0.5) is 0 Å². The summed E-state index contributed by atoms with van der Waals surface area (Å²) in [5.41, 5.74) is 1.25. The van der Waals surface area contributed by atoms with E-state index in [1.165, 1.54) is 12.0 Å². The standard InChI is InChI=1S/C15H24BrNO/c1-5-17-14(9-6-11(2)3)13-8-7-12(16)10-15(13)18-4/h7-8,10-11,14,17H,5-6,9H2,1-4H3. The molecule has 1 unspecified atom stereocenters. The van der Waals surface area contributed by atoms with Crippen molar-refractivity contribution in [2.75, 3.05) is 13.7 Å². The molecule has 0 aliphatic rings. The quantitative estimate of drug-likeness (QED) is 0.797. The lowest BCUT2D eigenvalue weighted by atomic mass is 9.97. The number of methoxy groups -OCH3 is 1. The smallest absolute Gasteiger partial charge is 0.124 e. The summed E-state index contributed by atoms with van der Waals surface area (Å²) in [6, 6.07) is 6.64. The molecule has 0 spiro atoms. The molecule has 0 amide bonds. The van der Waals surface area contributed by atoms with Crippen LogP contribution >= 0.6 is 15.9 Å². The number of ether oxygens (including phenoxy) is 1. The Morgan fingerprint density at radius 1 is 1.28 bits per heavy atom. The fourth-order valence-electron chi connectivity index (χ4n) is 2.09. The Kier molecular flexibility index (Phi) is 6.72. The zero-order valence-corrected chi connectivity index (χ0v) is 13.4. The summed E-state index contributed by atoms with van der Waals surface area (Å²) in [5, 5.41) is 3.55. The van der Waals surface area contributed by atoms with Gasteiger partial charge in [-0.2, -0.15) is 0 Å². The highest BCUT2D eigenvalue weighted by Crippen LogP contribution is 2.31. The number of nitrogens with one attached hydrogen (secondary N) is 1. The van der Waals surface area contributed by atoms with E-state index in [-0.39, 0.29) is 0 Å². The van der Waals surface area contributed by atoms with Gasteiger partial charge in [0.15, 0.2) is 0 Å². The van der Waals surface area contributed by atoms with Gasteiger partial charge < -0.3 is 10.1 Å². The van der Waals surface area contributed by atoms with Gasteiger partial charge in [-0.15, -0.1) is 0 Å². The lowest BCUT2D eigenvalue weighted by Gasteiger charge is -2.21. The molecule has 0 bridgehead atoms. The van der Waals surface area contributed by atoms with Gasteiger partial charge in [-0.25, -0.2) is 0 Å². The van der Waals surface area contributed by atoms with Crippen LogP contribution in [0.5, 0.6) is 5.75 Å². The third-order valence-electron chi connectivity index (χ3n) is 3.05. The highest BCUT2D eigenvalue weighted by molar-refractivity contribution is 9.10. The minimum absolute atomic E-state index is 0.375. The summed E-state index contributed by atoms with van der Waals surface area (Å²) in [6.07, 6.45) is 2.36. The Bertz CT molecular complexity index is 366. The third kappa shape index (κ3) is 4.62. The largest absolute Gasteiger partial charge is 0.496 e. The number of rotatable bonds is 7. The Balaban J connectivity index is 2.89. The molecule has 0 fully saturated rings. The first-order valence-corrected chi connectivity index (χ1v) is 7.44. The molecule has 1 N–H and O–H groups in total. The van der Waals surface area contributed by atoms with Gasteiger partial charge in [0.2, 0.25) is 0 Å². The molecule has 0 aromatic heterocycles. The van der Waals surface area contributed by atoms with Gasteiger partial charge in [0, 0.05) is 16.1 Å². The van der Waals surface area contributed by atoms with Crippen LogP contribution in [0.25, 0.3) is 0 Å². The highest BCUT2D eigenvalue weighted by Gasteiger charge is 2.15. The molecule has 0 radical (unpaired) electrons. The molecule has 2 nitrogen and oxygen atoms in total. The zero-order chi connectivity index (χ0) is 13.5.